The van der Waals surface area contributed by atoms with Crippen LogP contribution in [0.4, 0.5) is 0 Å². The second-order valence-corrected chi connectivity index (χ2v) is 4.79. The van der Waals surface area contributed by atoms with Gasteiger partial charge in [0, 0.05) is 18.9 Å². The van der Waals surface area contributed by atoms with Gasteiger partial charge in [-0.1, -0.05) is 0 Å². The van der Waals surface area contributed by atoms with E-state index in [2.05, 4.69) is 23.6 Å². The van der Waals surface area contributed by atoms with Crippen molar-refractivity contribution < 1.29 is 9.84 Å². The fourth-order valence-corrected chi connectivity index (χ4v) is 2.59. The van der Waals surface area contributed by atoms with Gasteiger partial charge in [0.2, 0.25) is 0 Å². The Morgan fingerprint density at radius 1 is 1.47 bits per heavy atom. The quantitative estimate of drug-likeness (QED) is 0.869. The number of aliphatic hydroxyl groups is 1. The van der Waals surface area contributed by atoms with Crippen LogP contribution in [-0.4, -0.2) is 34.7 Å². The standard InChI is InChI=1S/C13H22N2O2/c1-10-13(6-3-7-16)11(2)15(14-10)12-5-4-8-17-9-12/h12,16H,3-9H2,1-2H3. The van der Waals surface area contributed by atoms with Crippen molar-refractivity contribution in [2.75, 3.05) is 19.8 Å². The van der Waals surface area contributed by atoms with Crippen LogP contribution in [-0.2, 0) is 11.2 Å². The van der Waals surface area contributed by atoms with Crippen LogP contribution in [0.25, 0.3) is 0 Å². The van der Waals surface area contributed by atoms with Crippen LogP contribution in [0.1, 0.15) is 42.3 Å². The molecule has 1 aliphatic heterocycles. The molecular weight excluding hydrogens is 216 g/mol. The summed E-state index contributed by atoms with van der Waals surface area (Å²) in [5.41, 5.74) is 3.64. The molecule has 2 heterocycles. The average molecular weight is 238 g/mol. The van der Waals surface area contributed by atoms with Gasteiger partial charge in [0.1, 0.15) is 0 Å². The molecule has 4 heteroatoms. The summed E-state index contributed by atoms with van der Waals surface area (Å²) in [6.45, 7) is 6.09. The third kappa shape index (κ3) is 2.69. The molecule has 96 valence electrons. The van der Waals surface area contributed by atoms with Crippen LogP contribution >= 0.6 is 0 Å². The lowest BCUT2D eigenvalue weighted by molar-refractivity contribution is 0.0541. The van der Waals surface area contributed by atoms with E-state index in [4.69, 9.17) is 9.84 Å². The highest BCUT2D eigenvalue weighted by molar-refractivity contribution is 5.25. The van der Waals surface area contributed by atoms with E-state index in [9.17, 15) is 0 Å². The fourth-order valence-electron chi connectivity index (χ4n) is 2.59. The molecule has 1 aromatic heterocycles. The molecule has 0 aliphatic carbocycles. The van der Waals surface area contributed by atoms with E-state index in [1.165, 1.54) is 11.3 Å². The Hall–Kier alpha value is -0.870. The molecule has 1 aliphatic rings. The first-order valence-electron chi connectivity index (χ1n) is 6.47. The predicted molar refractivity (Wildman–Crippen MR) is 66.2 cm³/mol. The van der Waals surface area contributed by atoms with E-state index in [1.807, 2.05) is 0 Å². The average Bonchev–Trinajstić information content (AvgIpc) is 2.64. The molecule has 1 N–H and O–H groups in total. The Labute approximate surface area is 103 Å². The Morgan fingerprint density at radius 3 is 2.94 bits per heavy atom. The van der Waals surface area contributed by atoms with Crippen molar-refractivity contribution in [3.05, 3.63) is 17.0 Å². The number of hydrogen-bond donors (Lipinski definition) is 1. The molecule has 4 nitrogen and oxygen atoms in total. The van der Waals surface area contributed by atoms with Crippen molar-refractivity contribution in [2.45, 2.75) is 45.6 Å². The largest absolute Gasteiger partial charge is 0.396 e. The van der Waals surface area contributed by atoms with Crippen molar-refractivity contribution >= 4 is 0 Å². The van der Waals surface area contributed by atoms with Gasteiger partial charge in [-0.25, -0.2) is 0 Å². The van der Waals surface area contributed by atoms with Crippen LogP contribution in [0.5, 0.6) is 0 Å². The van der Waals surface area contributed by atoms with E-state index in [1.54, 1.807) is 0 Å². The summed E-state index contributed by atoms with van der Waals surface area (Å²) in [6.07, 6.45) is 4.01. The van der Waals surface area contributed by atoms with E-state index < -0.39 is 0 Å². The number of nitrogens with zero attached hydrogens (tertiary/aromatic N) is 2. The van der Waals surface area contributed by atoms with E-state index in [0.29, 0.717) is 6.04 Å². The van der Waals surface area contributed by atoms with Crippen LogP contribution in [0.3, 0.4) is 0 Å². The Morgan fingerprint density at radius 2 is 2.29 bits per heavy atom. The summed E-state index contributed by atoms with van der Waals surface area (Å²) in [7, 11) is 0. The molecule has 1 saturated heterocycles. The second-order valence-electron chi connectivity index (χ2n) is 4.79. The highest BCUT2D eigenvalue weighted by atomic mass is 16.5. The monoisotopic (exact) mass is 238 g/mol. The number of ether oxygens (including phenoxy) is 1. The zero-order valence-electron chi connectivity index (χ0n) is 10.8. The third-order valence-electron chi connectivity index (χ3n) is 3.54. The van der Waals surface area contributed by atoms with Crippen LogP contribution in [0.2, 0.25) is 0 Å². The second kappa shape index (κ2) is 5.65. The molecule has 1 atom stereocenters. The predicted octanol–water partition coefficient (Wildman–Crippen LogP) is 1.78. The Kier molecular flexibility index (Phi) is 4.18. The lowest BCUT2D eigenvalue weighted by Gasteiger charge is -2.23. The smallest absolute Gasteiger partial charge is 0.0756 e. The Balaban J connectivity index is 2.17. The summed E-state index contributed by atoms with van der Waals surface area (Å²) in [5, 5.41) is 13.6. The van der Waals surface area contributed by atoms with E-state index in [0.717, 1.165) is 44.6 Å². The maximum Gasteiger partial charge on any atom is 0.0756 e. The number of aliphatic hydroxyl groups excluding tert-OH is 1. The summed E-state index contributed by atoms with van der Waals surface area (Å²) in [6, 6.07) is 0.394. The Bertz CT molecular complexity index is 368. The minimum absolute atomic E-state index is 0.247. The zero-order valence-corrected chi connectivity index (χ0v) is 10.8. The van der Waals surface area contributed by atoms with Gasteiger partial charge in [0.25, 0.3) is 0 Å². The minimum Gasteiger partial charge on any atom is -0.396 e. The minimum atomic E-state index is 0.247. The molecule has 0 saturated carbocycles. The van der Waals surface area contributed by atoms with Crippen molar-refractivity contribution in [1.82, 2.24) is 9.78 Å². The van der Waals surface area contributed by atoms with Gasteiger partial charge in [0.15, 0.2) is 0 Å². The van der Waals surface area contributed by atoms with Gasteiger partial charge in [-0.15, -0.1) is 0 Å². The molecule has 0 radical (unpaired) electrons. The summed E-state index contributed by atoms with van der Waals surface area (Å²) in [4.78, 5) is 0. The first-order chi connectivity index (χ1) is 8.24. The SMILES string of the molecule is Cc1nn(C2CCCOC2)c(C)c1CCCO. The fraction of sp³-hybridized carbons (Fsp3) is 0.769. The highest BCUT2D eigenvalue weighted by Crippen LogP contribution is 2.24. The molecule has 0 aromatic carbocycles. The van der Waals surface area contributed by atoms with Crippen LogP contribution < -0.4 is 0 Å². The van der Waals surface area contributed by atoms with Crippen molar-refractivity contribution in [3.63, 3.8) is 0 Å². The number of rotatable bonds is 4. The number of aromatic nitrogens is 2. The molecule has 0 amide bonds. The lowest BCUT2D eigenvalue weighted by atomic mass is 10.1. The van der Waals surface area contributed by atoms with Gasteiger partial charge in [-0.2, -0.15) is 5.10 Å². The summed E-state index contributed by atoms with van der Waals surface area (Å²) >= 11 is 0. The molecule has 0 bridgehead atoms. The van der Waals surface area contributed by atoms with E-state index >= 15 is 0 Å². The first-order valence-corrected chi connectivity index (χ1v) is 6.47. The molecule has 2 rings (SSSR count). The molecule has 1 aromatic rings. The van der Waals surface area contributed by atoms with Crippen molar-refractivity contribution in [2.24, 2.45) is 0 Å². The van der Waals surface area contributed by atoms with E-state index in [-0.39, 0.29) is 6.61 Å². The molecule has 1 unspecified atom stereocenters. The highest BCUT2D eigenvalue weighted by Gasteiger charge is 2.20. The van der Waals surface area contributed by atoms with Crippen molar-refractivity contribution in [1.29, 1.82) is 0 Å². The van der Waals surface area contributed by atoms with Crippen molar-refractivity contribution in [3.8, 4) is 0 Å². The lowest BCUT2D eigenvalue weighted by Crippen LogP contribution is -2.23. The van der Waals surface area contributed by atoms with Gasteiger partial charge < -0.3 is 9.84 Å². The topological polar surface area (TPSA) is 47.3 Å². The molecule has 17 heavy (non-hydrogen) atoms. The van der Waals surface area contributed by atoms with Gasteiger partial charge in [-0.05, 0) is 45.1 Å². The van der Waals surface area contributed by atoms with Gasteiger partial charge in [-0.3, -0.25) is 4.68 Å². The van der Waals surface area contributed by atoms with Gasteiger partial charge >= 0.3 is 0 Å². The number of aryl methyl sites for hydroxylation is 1. The zero-order chi connectivity index (χ0) is 12.3. The molecule has 1 fully saturated rings. The number of hydrogen-bond acceptors (Lipinski definition) is 3. The molecular formula is C13H22N2O2. The normalized spacial score (nSPS) is 20.8. The first kappa shape index (κ1) is 12.6. The summed E-state index contributed by atoms with van der Waals surface area (Å²) < 4.78 is 7.65. The van der Waals surface area contributed by atoms with Crippen LogP contribution in [0, 0.1) is 13.8 Å². The third-order valence-corrected chi connectivity index (χ3v) is 3.54. The maximum absolute atomic E-state index is 8.92. The summed E-state index contributed by atoms with van der Waals surface area (Å²) in [5.74, 6) is 0. The van der Waals surface area contributed by atoms with Crippen LogP contribution in [0.15, 0.2) is 0 Å². The molecule has 0 spiro atoms. The van der Waals surface area contributed by atoms with Gasteiger partial charge in [0.05, 0.1) is 18.3 Å². The maximum atomic E-state index is 8.92.